The predicted octanol–water partition coefficient (Wildman–Crippen LogP) is 2.90. The molecule has 5 rings (SSSR count). The number of hydrogen-bond donors (Lipinski definition) is 1. The zero-order valence-corrected chi connectivity index (χ0v) is 18.2. The van der Waals surface area contributed by atoms with Crippen LogP contribution in [0.25, 0.3) is 32.9 Å². The first-order valence-corrected chi connectivity index (χ1v) is 11.4. The third kappa shape index (κ3) is 3.60. The van der Waals surface area contributed by atoms with Gasteiger partial charge in [0.2, 0.25) is 0 Å². The second kappa shape index (κ2) is 7.71. The Hall–Kier alpha value is -2.81. The van der Waals surface area contributed by atoms with E-state index in [1.807, 2.05) is 37.5 Å². The summed E-state index contributed by atoms with van der Waals surface area (Å²) in [7, 11) is 3.81. The van der Waals surface area contributed by atoms with Gasteiger partial charge in [0.25, 0.3) is 5.56 Å². The van der Waals surface area contributed by atoms with Crippen molar-refractivity contribution in [2.75, 3.05) is 6.54 Å². The van der Waals surface area contributed by atoms with E-state index in [1.165, 1.54) is 0 Å². The number of imidazole rings is 1. The standard InChI is InChI=1S/C23H24N4O3S/c1-26-13-19(16-5-3-4-6-17(16)23(26)28)18-11-14(9-10-24-31(29)30)12-20-21(18)25-22(27(20)2)15-7-8-15/h3-6,11-13,15,24H,7-10H2,1-2H3,(H,29,30)/p-1. The molecule has 2 heterocycles. The number of aryl methyl sites for hydroxylation is 2. The molecule has 8 heteroatoms. The molecule has 2 aromatic heterocycles. The Morgan fingerprint density at radius 3 is 2.61 bits per heavy atom. The molecule has 0 aliphatic heterocycles. The molecule has 1 atom stereocenters. The van der Waals surface area contributed by atoms with Crippen LogP contribution in [0.5, 0.6) is 0 Å². The zero-order chi connectivity index (χ0) is 21.7. The molecule has 0 spiro atoms. The Morgan fingerprint density at radius 2 is 1.90 bits per heavy atom. The van der Waals surface area contributed by atoms with E-state index in [0.717, 1.165) is 51.8 Å². The van der Waals surface area contributed by atoms with Crippen molar-refractivity contribution in [2.45, 2.75) is 25.2 Å². The van der Waals surface area contributed by atoms with Gasteiger partial charge in [0, 0.05) is 60.5 Å². The molecule has 0 saturated heterocycles. The molecule has 4 aromatic rings. The number of nitrogens with zero attached hydrogens (tertiary/aromatic N) is 3. The Morgan fingerprint density at radius 1 is 1.16 bits per heavy atom. The van der Waals surface area contributed by atoms with Crippen LogP contribution in [0.1, 0.15) is 30.1 Å². The molecule has 0 amide bonds. The van der Waals surface area contributed by atoms with Gasteiger partial charge in [-0.05, 0) is 48.4 Å². The fraction of sp³-hybridized carbons (Fsp3) is 0.304. The van der Waals surface area contributed by atoms with Crippen molar-refractivity contribution in [2.24, 2.45) is 14.1 Å². The third-order valence-electron chi connectivity index (χ3n) is 6.04. The topological polar surface area (TPSA) is 92.0 Å². The van der Waals surface area contributed by atoms with Gasteiger partial charge >= 0.3 is 0 Å². The van der Waals surface area contributed by atoms with Crippen molar-refractivity contribution >= 4 is 33.1 Å². The maximum atomic E-state index is 12.7. The largest absolute Gasteiger partial charge is 0.760 e. The van der Waals surface area contributed by atoms with Gasteiger partial charge in [-0.2, -0.15) is 0 Å². The van der Waals surface area contributed by atoms with E-state index >= 15 is 0 Å². The van der Waals surface area contributed by atoms with E-state index in [0.29, 0.717) is 24.3 Å². The molecule has 1 saturated carbocycles. The molecule has 1 fully saturated rings. The SMILES string of the molecule is Cn1cc(-c2cc(CCNS(=O)[O-])cc3c2nc(C2CC2)n3C)c2ccccc2c1=O. The molecule has 7 nitrogen and oxygen atoms in total. The van der Waals surface area contributed by atoms with E-state index in [4.69, 9.17) is 4.98 Å². The van der Waals surface area contributed by atoms with E-state index in [-0.39, 0.29) is 5.56 Å². The molecule has 0 radical (unpaired) electrons. The van der Waals surface area contributed by atoms with Gasteiger partial charge in [0.05, 0.1) is 11.0 Å². The molecule has 2 aromatic carbocycles. The highest BCUT2D eigenvalue weighted by Gasteiger charge is 2.29. The summed E-state index contributed by atoms with van der Waals surface area (Å²) >= 11 is -2.29. The molecule has 31 heavy (non-hydrogen) atoms. The highest BCUT2D eigenvalue weighted by atomic mass is 32.2. The number of rotatable bonds is 6. The first-order valence-electron chi connectivity index (χ1n) is 10.3. The molecule has 0 bridgehead atoms. The number of benzene rings is 2. The van der Waals surface area contributed by atoms with Crippen molar-refractivity contribution in [3.63, 3.8) is 0 Å². The molecular formula is C23H23N4O3S-. The van der Waals surface area contributed by atoms with Gasteiger partial charge in [0.1, 0.15) is 5.82 Å². The Labute approximate surface area is 182 Å². The van der Waals surface area contributed by atoms with E-state index in [1.54, 1.807) is 11.6 Å². The lowest BCUT2D eigenvalue weighted by atomic mass is 9.96. The van der Waals surface area contributed by atoms with Gasteiger partial charge in [-0.3, -0.25) is 9.00 Å². The number of hydrogen-bond acceptors (Lipinski definition) is 4. The number of fused-ring (bicyclic) bond motifs is 2. The van der Waals surface area contributed by atoms with Crippen LogP contribution >= 0.6 is 0 Å². The van der Waals surface area contributed by atoms with Crippen molar-refractivity contribution in [3.8, 4) is 11.1 Å². The summed E-state index contributed by atoms with van der Waals surface area (Å²) in [5, 5.41) is 1.56. The third-order valence-corrected chi connectivity index (χ3v) is 6.48. The van der Waals surface area contributed by atoms with Crippen molar-refractivity contribution < 1.29 is 8.76 Å². The van der Waals surface area contributed by atoms with Gasteiger partial charge in [-0.15, -0.1) is 0 Å². The Bertz CT molecular complexity index is 1400. The van der Waals surface area contributed by atoms with E-state index in [9.17, 15) is 13.6 Å². The van der Waals surface area contributed by atoms with Crippen LogP contribution in [0, 0.1) is 0 Å². The number of pyridine rings is 1. The highest BCUT2D eigenvalue weighted by Crippen LogP contribution is 2.42. The van der Waals surface area contributed by atoms with Crippen molar-refractivity contribution in [1.29, 1.82) is 0 Å². The predicted molar refractivity (Wildman–Crippen MR) is 121 cm³/mol. The molecule has 1 aliphatic rings. The van der Waals surface area contributed by atoms with E-state index < -0.39 is 11.3 Å². The minimum absolute atomic E-state index is 0.0337. The minimum atomic E-state index is -2.29. The smallest absolute Gasteiger partial charge is 0.258 e. The maximum Gasteiger partial charge on any atom is 0.258 e. The van der Waals surface area contributed by atoms with Gasteiger partial charge < -0.3 is 13.7 Å². The second-order valence-corrected chi connectivity index (χ2v) is 8.96. The molecule has 1 unspecified atom stereocenters. The lowest BCUT2D eigenvalue weighted by molar-refractivity contribution is 0.523. The summed E-state index contributed by atoms with van der Waals surface area (Å²) in [6, 6.07) is 11.8. The Kier molecular flexibility index (Phi) is 5.00. The van der Waals surface area contributed by atoms with Crippen molar-refractivity contribution in [1.82, 2.24) is 18.8 Å². The van der Waals surface area contributed by atoms with Crippen LogP contribution in [-0.4, -0.2) is 29.4 Å². The zero-order valence-electron chi connectivity index (χ0n) is 17.4. The van der Waals surface area contributed by atoms with E-state index in [2.05, 4.69) is 21.4 Å². The van der Waals surface area contributed by atoms with Crippen LogP contribution in [0.3, 0.4) is 0 Å². The first kappa shape index (κ1) is 20.1. The molecule has 1 N–H and O–H groups in total. The average Bonchev–Trinajstić information content (AvgIpc) is 3.54. The summed E-state index contributed by atoms with van der Waals surface area (Å²) in [4.78, 5) is 17.7. The van der Waals surface area contributed by atoms with Crippen molar-refractivity contribution in [3.05, 3.63) is 64.3 Å². The molecule has 1 aliphatic carbocycles. The van der Waals surface area contributed by atoms with Gasteiger partial charge in [-0.25, -0.2) is 9.71 Å². The van der Waals surface area contributed by atoms with Crippen LogP contribution in [0.4, 0.5) is 0 Å². The average molecular weight is 436 g/mol. The van der Waals surface area contributed by atoms with Crippen LogP contribution in [0.15, 0.2) is 47.4 Å². The van der Waals surface area contributed by atoms with Gasteiger partial charge in [0.15, 0.2) is 0 Å². The Balaban J connectivity index is 1.77. The monoisotopic (exact) mass is 435 g/mol. The summed E-state index contributed by atoms with van der Waals surface area (Å²) < 4.78 is 28.0. The molecule has 160 valence electrons. The number of aromatic nitrogens is 3. The van der Waals surface area contributed by atoms with Crippen LogP contribution in [-0.2, 0) is 31.8 Å². The lowest BCUT2D eigenvalue weighted by Crippen LogP contribution is -2.19. The minimum Gasteiger partial charge on any atom is -0.760 e. The fourth-order valence-corrected chi connectivity index (χ4v) is 4.60. The highest BCUT2D eigenvalue weighted by molar-refractivity contribution is 7.77. The summed E-state index contributed by atoms with van der Waals surface area (Å²) in [6.07, 6.45) is 4.74. The van der Waals surface area contributed by atoms with Crippen LogP contribution in [0.2, 0.25) is 0 Å². The number of nitrogens with one attached hydrogen (secondary N) is 1. The summed E-state index contributed by atoms with van der Waals surface area (Å²) in [5.41, 5.74) is 4.83. The van der Waals surface area contributed by atoms with Gasteiger partial charge in [-0.1, -0.05) is 18.2 Å². The lowest BCUT2D eigenvalue weighted by Gasteiger charge is -2.13. The maximum absolute atomic E-state index is 12.7. The fourth-order valence-electron chi connectivity index (χ4n) is 4.33. The normalized spacial score (nSPS) is 15.1. The summed E-state index contributed by atoms with van der Waals surface area (Å²) in [6.45, 7) is 0.322. The quantitative estimate of drug-likeness (QED) is 0.472. The first-order chi connectivity index (χ1) is 14.9. The van der Waals surface area contributed by atoms with Crippen LogP contribution < -0.4 is 10.3 Å². The second-order valence-electron chi connectivity index (χ2n) is 8.20. The summed E-state index contributed by atoms with van der Waals surface area (Å²) in [5.74, 6) is 1.58. The molecular weight excluding hydrogens is 412 g/mol.